The van der Waals surface area contributed by atoms with E-state index in [9.17, 15) is 9.59 Å². The van der Waals surface area contributed by atoms with E-state index >= 15 is 0 Å². The molecule has 0 unspecified atom stereocenters. The predicted molar refractivity (Wildman–Crippen MR) is 139 cm³/mol. The number of anilines is 2. The highest BCUT2D eigenvalue weighted by molar-refractivity contribution is 5.89. The molecule has 0 bridgehead atoms. The van der Waals surface area contributed by atoms with E-state index in [0.717, 1.165) is 69.2 Å². The summed E-state index contributed by atoms with van der Waals surface area (Å²) in [5.74, 6) is 1.93. The van der Waals surface area contributed by atoms with Crippen molar-refractivity contribution < 1.29 is 9.59 Å². The Bertz CT molecular complexity index is 1170. The third-order valence-corrected chi connectivity index (χ3v) is 6.91. The van der Waals surface area contributed by atoms with Gasteiger partial charge in [-0.2, -0.15) is 0 Å². The van der Waals surface area contributed by atoms with Gasteiger partial charge in [0.05, 0.1) is 13.0 Å². The summed E-state index contributed by atoms with van der Waals surface area (Å²) < 4.78 is 2.13. The third-order valence-electron chi connectivity index (χ3n) is 6.91. The molecular formula is C27H33N7O2. The average Bonchev–Trinajstić information content (AvgIpc) is 3.14. The number of carbonyl (C=O) groups is 2. The molecule has 2 aliphatic heterocycles. The monoisotopic (exact) mass is 487 g/mol. The molecule has 188 valence electrons. The second kappa shape index (κ2) is 11.2. The maximum Gasteiger partial charge on any atom is 0.319 e. The summed E-state index contributed by atoms with van der Waals surface area (Å²) in [5, 5.41) is 14.2. The van der Waals surface area contributed by atoms with Crippen molar-refractivity contribution in [1.29, 1.82) is 0 Å². The van der Waals surface area contributed by atoms with E-state index in [-0.39, 0.29) is 11.9 Å². The van der Waals surface area contributed by atoms with Crippen LogP contribution in [0, 0.1) is 0 Å². The number of piperazine rings is 1. The Morgan fingerprint density at radius 2 is 1.61 bits per heavy atom. The van der Waals surface area contributed by atoms with E-state index in [1.807, 2.05) is 47.4 Å². The molecule has 0 aliphatic carbocycles. The molecule has 3 amide bonds. The van der Waals surface area contributed by atoms with Crippen LogP contribution in [0.25, 0.3) is 0 Å². The Labute approximate surface area is 211 Å². The number of benzene rings is 2. The summed E-state index contributed by atoms with van der Waals surface area (Å²) in [6, 6.07) is 17.5. The molecular weight excluding hydrogens is 454 g/mol. The number of hydrogen-bond donors (Lipinski definition) is 2. The van der Waals surface area contributed by atoms with Gasteiger partial charge < -0.3 is 25.0 Å². The van der Waals surface area contributed by atoms with Crippen LogP contribution >= 0.6 is 0 Å². The smallest absolute Gasteiger partial charge is 0.319 e. The minimum absolute atomic E-state index is 0.133. The standard InChI is InChI=1S/C27H33N7O2/c35-26(33-17-15-32(16-18-33)23-7-3-1-4-8-23)19-21-10-12-22(13-11-21)29-27(36)28-20-25-31-30-24-9-5-2-6-14-34(24)25/h1,3-4,7-8,10-13H,2,5-6,9,14-20H2,(H2,28,29,36). The van der Waals surface area contributed by atoms with E-state index < -0.39 is 0 Å². The molecule has 2 aliphatic rings. The lowest BCUT2D eigenvalue weighted by molar-refractivity contribution is -0.130. The lowest BCUT2D eigenvalue weighted by atomic mass is 10.1. The van der Waals surface area contributed by atoms with Crippen molar-refractivity contribution in [2.45, 2.75) is 45.2 Å². The molecule has 1 aromatic heterocycles. The van der Waals surface area contributed by atoms with Crippen molar-refractivity contribution >= 4 is 23.3 Å². The quantitative estimate of drug-likeness (QED) is 0.557. The fourth-order valence-electron chi connectivity index (χ4n) is 4.86. The molecule has 1 fully saturated rings. The summed E-state index contributed by atoms with van der Waals surface area (Å²) in [6.07, 6.45) is 4.75. The summed E-state index contributed by atoms with van der Waals surface area (Å²) >= 11 is 0. The van der Waals surface area contributed by atoms with Gasteiger partial charge in [-0.05, 0) is 42.7 Å². The van der Waals surface area contributed by atoms with Gasteiger partial charge >= 0.3 is 6.03 Å². The molecule has 0 spiro atoms. The van der Waals surface area contributed by atoms with E-state index in [1.165, 1.54) is 12.1 Å². The van der Waals surface area contributed by atoms with Crippen molar-refractivity contribution in [2.75, 3.05) is 36.4 Å². The van der Waals surface area contributed by atoms with Crippen molar-refractivity contribution in [3.63, 3.8) is 0 Å². The maximum absolute atomic E-state index is 12.8. The zero-order valence-electron chi connectivity index (χ0n) is 20.5. The third kappa shape index (κ3) is 5.84. The molecule has 1 saturated heterocycles. The zero-order valence-corrected chi connectivity index (χ0v) is 20.5. The fraction of sp³-hybridized carbons (Fsp3) is 0.407. The lowest BCUT2D eigenvalue weighted by Crippen LogP contribution is -2.49. The largest absolute Gasteiger partial charge is 0.368 e. The van der Waals surface area contributed by atoms with Crippen molar-refractivity contribution in [2.24, 2.45) is 0 Å². The number of rotatable bonds is 6. The molecule has 0 saturated carbocycles. The molecule has 2 aromatic carbocycles. The van der Waals surface area contributed by atoms with Crippen LogP contribution in [0.5, 0.6) is 0 Å². The number of hydrogen-bond acceptors (Lipinski definition) is 5. The van der Waals surface area contributed by atoms with Gasteiger partial charge in [-0.15, -0.1) is 10.2 Å². The maximum atomic E-state index is 12.8. The normalized spacial score (nSPS) is 15.7. The number of aryl methyl sites for hydroxylation is 1. The molecule has 3 heterocycles. The Morgan fingerprint density at radius 1 is 0.833 bits per heavy atom. The van der Waals surface area contributed by atoms with Gasteiger partial charge in [0.15, 0.2) is 5.82 Å². The molecule has 2 N–H and O–H groups in total. The molecule has 0 radical (unpaired) electrons. The minimum atomic E-state index is -0.291. The predicted octanol–water partition coefficient (Wildman–Crippen LogP) is 3.22. The second-order valence-corrected chi connectivity index (χ2v) is 9.38. The minimum Gasteiger partial charge on any atom is -0.368 e. The number of aromatic nitrogens is 3. The number of urea groups is 1. The van der Waals surface area contributed by atoms with Crippen LogP contribution in [-0.4, -0.2) is 57.8 Å². The molecule has 9 nitrogen and oxygen atoms in total. The number of nitrogens with zero attached hydrogens (tertiary/aromatic N) is 5. The van der Waals surface area contributed by atoms with Crippen LogP contribution in [0.3, 0.4) is 0 Å². The van der Waals surface area contributed by atoms with Crippen molar-refractivity contribution in [1.82, 2.24) is 25.0 Å². The molecule has 3 aromatic rings. The van der Waals surface area contributed by atoms with Crippen LogP contribution < -0.4 is 15.5 Å². The van der Waals surface area contributed by atoms with Gasteiger partial charge in [0.1, 0.15) is 5.82 Å². The topological polar surface area (TPSA) is 95.4 Å². The van der Waals surface area contributed by atoms with Gasteiger partial charge in [0.25, 0.3) is 0 Å². The Hall–Kier alpha value is -3.88. The van der Waals surface area contributed by atoms with Crippen LogP contribution in [0.4, 0.5) is 16.2 Å². The van der Waals surface area contributed by atoms with Gasteiger partial charge in [-0.25, -0.2) is 4.79 Å². The molecule has 0 atom stereocenters. The Morgan fingerprint density at radius 3 is 2.39 bits per heavy atom. The highest BCUT2D eigenvalue weighted by Gasteiger charge is 2.21. The van der Waals surface area contributed by atoms with Crippen molar-refractivity contribution in [3.05, 3.63) is 71.8 Å². The highest BCUT2D eigenvalue weighted by Crippen LogP contribution is 2.17. The summed E-state index contributed by atoms with van der Waals surface area (Å²) in [7, 11) is 0. The fourth-order valence-corrected chi connectivity index (χ4v) is 4.86. The van der Waals surface area contributed by atoms with Crippen LogP contribution in [0.15, 0.2) is 54.6 Å². The first kappa shape index (κ1) is 23.8. The van der Waals surface area contributed by atoms with Crippen LogP contribution in [0.2, 0.25) is 0 Å². The number of para-hydroxylation sites is 1. The van der Waals surface area contributed by atoms with Crippen LogP contribution in [0.1, 0.15) is 36.5 Å². The lowest BCUT2D eigenvalue weighted by Gasteiger charge is -2.36. The Balaban J connectivity index is 1.07. The SMILES string of the molecule is O=C(NCc1nnc2n1CCCCC2)Nc1ccc(CC(=O)N2CCN(c3ccccc3)CC2)cc1. The number of nitrogens with one attached hydrogen (secondary N) is 2. The number of carbonyl (C=O) groups excluding carboxylic acids is 2. The first-order valence-corrected chi connectivity index (χ1v) is 12.8. The van der Waals surface area contributed by atoms with Gasteiger partial charge in [0, 0.05) is 50.5 Å². The first-order valence-electron chi connectivity index (χ1n) is 12.8. The van der Waals surface area contributed by atoms with Gasteiger partial charge in [-0.1, -0.05) is 36.8 Å². The van der Waals surface area contributed by atoms with E-state index in [2.05, 4.69) is 42.4 Å². The Kier molecular flexibility index (Phi) is 7.44. The number of amides is 3. The summed E-state index contributed by atoms with van der Waals surface area (Å²) in [4.78, 5) is 29.5. The highest BCUT2D eigenvalue weighted by atomic mass is 16.2. The van der Waals surface area contributed by atoms with Gasteiger partial charge in [0.2, 0.25) is 5.91 Å². The first-order chi connectivity index (χ1) is 17.7. The van der Waals surface area contributed by atoms with E-state index in [0.29, 0.717) is 18.7 Å². The van der Waals surface area contributed by atoms with E-state index in [1.54, 1.807) is 0 Å². The van der Waals surface area contributed by atoms with Gasteiger partial charge in [-0.3, -0.25) is 4.79 Å². The number of fused-ring (bicyclic) bond motifs is 1. The molecule has 36 heavy (non-hydrogen) atoms. The zero-order chi connectivity index (χ0) is 24.7. The summed E-state index contributed by atoms with van der Waals surface area (Å²) in [5.41, 5.74) is 2.82. The second-order valence-electron chi connectivity index (χ2n) is 9.38. The van der Waals surface area contributed by atoms with Crippen LogP contribution in [-0.2, 0) is 30.7 Å². The van der Waals surface area contributed by atoms with E-state index in [4.69, 9.17) is 0 Å². The average molecular weight is 488 g/mol. The molecule has 5 rings (SSSR count). The molecule has 9 heteroatoms. The summed E-state index contributed by atoms with van der Waals surface area (Å²) in [6.45, 7) is 4.37. The van der Waals surface area contributed by atoms with Crippen molar-refractivity contribution in [3.8, 4) is 0 Å².